The third kappa shape index (κ3) is 2.53. The molecule has 0 saturated heterocycles. The molecule has 0 aromatic heterocycles. The Morgan fingerprint density at radius 1 is 1.38 bits per heavy atom. The van der Waals surface area contributed by atoms with Gasteiger partial charge < -0.3 is 9.53 Å². The van der Waals surface area contributed by atoms with Crippen molar-refractivity contribution in [2.24, 2.45) is 5.41 Å². The van der Waals surface area contributed by atoms with E-state index in [1.165, 1.54) is 6.42 Å². The summed E-state index contributed by atoms with van der Waals surface area (Å²) in [7, 11) is 0. The molecule has 1 aliphatic carbocycles. The van der Waals surface area contributed by atoms with Crippen LogP contribution < -0.4 is 0 Å². The minimum absolute atomic E-state index is 0.258. The first-order valence-electron chi connectivity index (χ1n) is 5.14. The highest BCUT2D eigenvalue weighted by atomic mass is 16.5. The molecule has 13 heavy (non-hydrogen) atoms. The predicted octanol–water partition coefficient (Wildman–Crippen LogP) is 2.56. The van der Waals surface area contributed by atoms with Crippen molar-refractivity contribution in [1.29, 1.82) is 0 Å². The van der Waals surface area contributed by atoms with E-state index < -0.39 is 5.60 Å². The van der Waals surface area contributed by atoms with Crippen molar-refractivity contribution in [3.63, 3.8) is 0 Å². The molecule has 1 atom stereocenters. The van der Waals surface area contributed by atoms with Crippen molar-refractivity contribution in [1.82, 2.24) is 0 Å². The lowest BCUT2D eigenvalue weighted by atomic mass is 9.70. The Labute approximate surface area is 80.7 Å². The van der Waals surface area contributed by atoms with Gasteiger partial charge in [0.15, 0.2) is 6.29 Å². The summed E-state index contributed by atoms with van der Waals surface area (Å²) in [5, 5.41) is 0. The van der Waals surface area contributed by atoms with Crippen LogP contribution in [-0.4, -0.2) is 18.5 Å². The molecule has 1 unspecified atom stereocenters. The van der Waals surface area contributed by atoms with E-state index in [2.05, 4.69) is 13.8 Å². The van der Waals surface area contributed by atoms with Crippen LogP contribution in [0.2, 0.25) is 0 Å². The molecule has 0 amide bonds. The molecule has 1 fully saturated rings. The monoisotopic (exact) mass is 184 g/mol. The van der Waals surface area contributed by atoms with Gasteiger partial charge in [-0.15, -0.1) is 0 Å². The van der Waals surface area contributed by atoms with Gasteiger partial charge in [0.25, 0.3) is 0 Å². The van der Waals surface area contributed by atoms with E-state index in [0.29, 0.717) is 6.61 Å². The topological polar surface area (TPSA) is 26.3 Å². The average Bonchev–Trinajstić information content (AvgIpc) is 2.03. The Morgan fingerprint density at radius 3 is 2.54 bits per heavy atom. The quantitative estimate of drug-likeness (QED) is 0.630. The van der Waals surface area contributed by atoms with E-state index in [0.717, 1.165) is 25.5 Å². The van der Waals surface area contributed by atoms with Crippen LogP contribution in [0, 0.1) is 5.41 Å². The molecule has 2 heteroatoms. The Hall–Kier alpha value is -0.370. The molecule has 0 radical (unpaired) electrons. The van der Waals surface area contributed by atoms with Gasteiger partial charge in [0.2, 0.25) is 0 Å². The molecule has 76 valence electrons. The zero-order chi connectivity index (χ0) is 9.95. The lowest BCUT2D eigenvalue weighted by molar-refractivity contribution is -0.141. The maximum Gasteiger partial charge on any atom is 0.151 e. The molecule has 1 rings (SSSR count). The van der Waals surface area contributed by atoms with Crippen LogP contribution in [0.15, 0.2) is 0 Å². The summed E-state index contributed by atoms with van der Waals surface area (Å²) in [5.74, 6) is 0. The molecule has 0 aromatic rings. The number of aldehydes is 1. The second-order valence-corrected chi connectivity index (χ2v) is 4.81. The Bertz CT molecular complexity index is 183. The molecule has 0 aromatic carbocycles. The molecule has 0 spiro atoms. The van der Waals surface area contributed by atoms with Crippen LogP contribution in [0.4, 0.5) is 0 Å². The zero-order valence-electron chi connectivity index (χ0n) is 8.93. The van der Waals surface area contributed by atoms with E-state index in [9.17, 15) is 4.79 Å². The fraction of sp³-hybridized carbons (Fsp3) is 0.909. The predicted molar refractivity (Wildman–Crippen MR) is 52.7 cm³/mol. The average molecular weight is 184 g/mol. The van der Waals surface area contributed by atoms with Crippen LogP contribution in [-0.2, 0) is 9.53 Å². The van der Waals surface area contributed by atoms with Crippen LogP contribution in [0.5, 0.6) is 0 Å². The summed E-state index contributed by atoms with van der Waals surface area (Å²) in [6, 6.07) is 0. The minimum Gasteiger partial charge on any atom is -0.368 e. The van der Waals surface area contributed by atoms with Crippen LogP contribution in [0.3, 0.4) is 0 Å². The van der Waals surface area contributed by atoms with Gasteiger partial charge in [-0.25, -0.2) is 0 Å². The van der Waals surface area contributed by atoms with Gasteiger partial charge in [0.05, 0.1) is 0 Å². The maximum absolute atomic E-state index is 11.0. The first kappa shape index (κ1) is 10.7. The van der Waals surface area contributed by atoms with Gasteiger partial charge >= 0.3 is 0 Å². The number of rotatable bonds is 3. The number of hydrogen-bond donors (Lipinski definition) is 0. The molecule has 1 saturated carbocycles. The summed E-state index contributed by atoms with van der Waals surface area (Å²) < 4.78 is 5.59. The third-order valence-electron chi connectivity index (χ3n) is 2.88. The standard InChI is InChI=1S/C11H20O2/c1-4-13-11(9-12)7-5-6-10(2,3)8-11/h9H,4-8H2,1-3H3. The maximum atomic E-state index is 11.0. The fourth-order valence-corrected chi connectivity index (χ4v) is 2.40. The highest BCUT2D eigenvalue weighted by molar-refractivity contribution is 5.63. The Kier molecular flexibility index (Phi) is 3.12. The van der Waals surface area contributed by atoms with Crippen molar-refractivity contribution >= 4 is 6.29 Å². The van der Waals surface area contributed by atoms with Gasteiger partial charge in [-0.2, -0.15) is 0 Å². The van der Waals surface area contributed by atoms with Gasteiger partial charge in [-0.1, -0.05) is 13.8 Å². The smallest absolute Gasteiger partial charge is 0.151 e. The van der Waals surface area contributed by atoms with Crippen LogP contribution in [0.25, 0.3) is 0 Å². The van der Waals surface area contributed by atoms with Crippen molar-refractivity contribution in [2.75, 3.05) is 6.61 Å². The summed E-state index contributed by atoms with van der Waals surface area (Å²) in [4.78, 5) is 11.0. The zero-order valence-corrected chi connectivity index (χ0v) is 8.93. The first-order valence-corrected chi connectivity index (χ1v) is 5.14. The lowest BCUT2D eigenvalue weighted by Crippen LogP contribution is -2.42. The largest absolute Gasteiger partial charge is 0.368 e. The van der Waals surface area contributed by atoms with Crippen molar-refractivity contribution in [3.8, 4) is 0 Å². The van der Waals surface area contributed by atoms with E-state index in [1.807, 2.05) is 6.92 Å². The van der Waals surface area contributed by atoms with E-state index >= 15 is 0 Å². The summed E-state index contributed by atoms with van der Waals surface area (Å²) in [6.07, 6.45) is 5.09. The number of carbonyl (C=O) groups excluding carboxylic acids is 1. The van der Waals surface area contributed by atoms with Gasteiger partial charge in [0.1, 0.15) is 5.60 Å². The highest BCUT2D eigenvalue weighted by Crippen LogP contribution is 2.41. The van der Waals surface area contributed by atoms with Gasteiger partial charge in [-0.3, -0.25) is 0 Å². The highest BCUT2D eigenvalue weighted by Gasteiger charge is 2.40. The van der Waals surface area contributed by atoms with Gasteiger partial charge in [0, 0.05) is 6.61 Å². The van der Waals surface area contributed by atoms with E-state index in [4.69, 9.17) is 4.74 Å². The SMILES string of the molecule is CCOC1(C=O)CCCC(C)(C)C1. The molecule has 2 nitrogen and oxygen atoms in total. The van der Waals surface area contributed by atoms with Gasteiger partial charge in [-0.05, 0) is 38.0 Å². The molecule has 0 bridgehead atoms. The molecule has 0 heterocycles. The first-order chi connectivity index (χ1) is 6.04. The Balaban J connectivity index is 2.69. The second kappa shape index (κ2) is 3.79. The van der Waals surface area contributed by atoms with Crippen LogP contribution in [0.1, 0.15) is 46.5 Å². The Morgan fingerprint density at radius 2 is 2.08 bits per heavy atom. The second-order valence-electron chi connectivity index (χ2n) is 4.81. The van der Waals surface area contributed by atoms with Crippen LogP contribution >= 0.6 is 0 Å². The molecule has 0 N–H and O–H groups in total. The molecule has 1 aliphatic rings. The minimum atomic E-state index is -0.476. The van der Waals surface area contributed by atoms with Crippen molar-refractivity contribution in [2.45, 2.75) is 52.1 Å². The number of ether oxygens (including phenoxy) is 1. The fourth-order valence-electron chi connectivity index (χ4n) is 2.40. The molecular weight excluding hydrogens is 164 g/mol. The summed E-state index contributed by atoms with van der Waals surface area (Å²) in [6.45, 7) is 7.01. The normalized spacial score (nSPS) is 32.8. The molecular formula is C11H20O2. The van der Waals surface area contributed by atoms with E-state index in [1.54, 1.807) is 0 Å². The lowest BCUT2D eigenvalue weighted by Gasteiger charge is -2.41. The number of carbonyl (C=O) groups is 1. The molecule has 0 aliphatic heterocycles. The van der Waals surface area contributed by atoms with E-state index in [-0.39, 0.29) is 5.41 Å². The van der Waals surface area contributed by atoms with Crippen molar-refractivity contribution in [3.05, 3.63) is 0 Å². The third-order valence-corrected chi connectivity index (χ3v) is 2.88. The summed E-state index contributed by atoms with van der Waals surface area (Å²) in [5.41, 5.74) is -0.217. The van der Waals surface area contributed by atoms with Crippen molar-refractivity contribution < 1.29 is 9.53 Å². The number of hydrogen-bond acceptors (Lipinski definition) is 2. The summed E-state index contributed by atoms with van der Waals surface area (Å²) >= 11 is 0.